The van der Waals surface area contributed by atoms with Gasteiger partial charge in [-0.2, -0.15) is 4.98 Å². The first kappa shape index (κ1) is 25.7. The Bertz CT molecular complexity index is 950. The van der Waals surface area contributed by atoms with Gasteiger partial charge in [0.25, 0.3) is 0 Å². The second kappa shape index (κ2) is 12.0. The Labute approximate surface area is 201 Å². The van der Waals surface area contributed by atoms with Crippen molar-refractivity contribution in [3.63, 3.8) is 0 Å². The minimum Gasteiger partial charge on any atom is -0.497 e. The van der Waals surface area contributed by atoms with Gasteiger partial charge in [-0.1, -0.05) is 43.0 Å². The van der Waals surface area contributed by atoms with Crippen LogP contribution < -0.4 is 15.4 Å². The van der Waals surface area contributed by atoms with Crippen molar-refractivity contribution < 1.29 is 18.8 Å². The highest BCUT2D eigenvalue weighted by Gasteiger charge is 2.38. The first-order valence-electron chi connectivity index (χ1n) is 12.0. The summed E-state index contributed by atoms with van der Waals surface area (Å²) in [6.07, 6.45) is 6.46. The molecule has 1 heterocycles. The number of nitrogens with zero attached hydrogens (tertiary/aromatic N) is 3. The molecule has 1 aliphatic carbocycles. The summed E-state index contributed by atoms with van der Waals surface area (Å²) in [5, 5.41) is 10.3. The van der Waals surface area contributed by atoms with Crippen LogP contribution in [0.4, 0.5) is 0 Å². The summed E-state index contributed by atoms with van der Waals surface area (Å²) < 4.78 is 10.8. The molecule has 2 amide bonds. The van der Waals surface area contributed by atoms with Gasteiger partial charge in [0.2, 0.25) is 17.7 Å². The van der Waals surface area contributed by atoms with Gasteiger partial charge in [0, 0.05) is 26.3 Å². The lowest BCUT2D eigenvalue weighted by atomic mass is 9.89. The number of nitrogens with one attached hydrogen (secondary N) is 2. The third kappa shape index (κ3) is 6.79. The summed E-state index contributed by atoms with van der Waals surface area (Å²) in [6, 6.07) is 7.87. The molecule has 0 aliphatic heterocycles. The second-order valence-electron chi connectivity index (χ2n) is 9.25. The fraction of sp³-hybridized carbons (Fsp3) is 0.600. The summed E-state index contributed by atoms with van der Waals surface area (Å²) in [5.41, 5.74) is 0.486. The number of aromatic nitrogens is 2. The Morgan fingerprint density at radius 2 is 1.94 bits per heavy atom. The van der Waals surface area contributed by atoms with E-state index in [-0.39, 0.29) is 24.3 Å². The van der Waals surface area contributed by atoms with E-state index >= 15 is 0 Å². The molecule has 0 saturated heterocycles. The molecule has 34 heavy (non-hydrogen) atoms. The molecule has 0 spiro atoms. The highest BCUT2D eigenvalue weighted by molar-refractivity contribution is 5.76. The topological polar surface area (TPSA) is 110 Å². The van der Waals surface area contributed by atoms with Crippen molar-refractivity contribution in [1.29, 1.82) is 0 Å². The number of likely N-dealkylation sites (N-methyl/N-ethyl adjacent to an activating group) is 1. The highest BCUT2D eigenvalue weighted by atomic mass is 16.5. The van der Waals surface area contributed by atoms with Crippen molar-refractivity contribution >= 4 is 11.8 Å². The van der Waals surface area contributed by atoms with Crippen LogP contribution in [0.5, 0.6) is 5.75 Å². The predicted octanol–water partition coefficient (Wildman–Crippen LogP) is 3.12. The van der Waals surface area contributed by atoms with E-state index in [2.05, 4.69) is 25.7 Å². The number of benzene rings is 1. The quantitative estimate of drug-likeness (QED) is 0.512. The molecule has 9 heteroatoms. The number of methoxy groups -OCH3 is 1. The van der Waals surface area contributed by atoms with Gasteiger partial charge in [-0.05, 0) is 44.6 Å². The first-order chi connectivity index (χ1) is 16.3. The minimum absolute atomic E-state index is 0.0156. The number of amides is 2. The van der Waals surface area contributed by atoms with Crippen LogP contribution in [-0.4, -0.2) is 54.6 Å². The van der Waals surface area contributed by atoms with Crippen LogP contribution in [-0.2, 0) is 21.5 Å². The van der Waals surface area contributed by atoms with E-state index < -0.39 is 5.54 Å². The largest absolute Gasteiger partial charge is 0.497 e. The van der Waals surface area contributed by atoms with E-state index in [4.69, 9.17) is 9.26 Å². The van der Waals surface area contributed by atoms with Crippen LogP contribution in [0.15, 0.2) is 28.8 Å². The Hall–Kier alpha value is -2.94. The molecule has 0 radical (unpaired) electrons. The number of aryl methyl sites for hydroxylation is 1. The van der Waals surface area contributed by atoms with Crippen molar-refractivity contribution in [2.75, 3.05) is 27.7 Å². The van der Waals surface area contributed by atoms with Crippen molar-refractivity contribution in [2.24, 2.45) is 0 Å². The molecule has 1 unspecified atom stereocenters. The molecule has 0 bridgehead atoms. The molecular formula is C25H37N5O4. The normalized spacial score (nSPS) is 16.5. The maximum absolute atomic E-state index is 12.6. The van der Waals surface area contributed by atoms with Gasteiger partial charge in [-0.3, -0.25) is 9.59 Å². The molecule has 2 aromatic rings. The summed E-state index contributed by atoms with van der Waals surface area (Å²) in [4.78, 5) is 31.1. The maximum atomic E-state index is 12.6. The summed E-state index contributed by atoms with van der Waals surface area (Å²) in [5.74, 6) is 1.54. The Balaban J connectivity index is 1.58. The van der Waals surface area contributed by atoms with E-state index in [0.717, 1.165) is 49.8 Å². The number of hydrogen-bond acceptors (Lipinski definition) is 7. The summed E-state index contributed by atoms with van der Waals surface area (Å²) in [6.45, 7) is 1.99. The molecule has 1 fully saturated rings. The molecule has 1 saturated carbocycles. The second-order valence-corrected chi connectivity index (χ2v) is 9.25. The molecular weight excluding hydrogens is 434 g/mol. The van der Waals surface area contributed by atoms with Crippen LogP contribution in [0.1, 0.15) is 75.2 Å². The summed E-state index contributed by atoms with van der Waals surface area (Å²) >= 11 is 0. The number of carbonyl (C=O) groups is 2. The lowest BCUT2D eigenvalue weighted by Gasteiger charge is -2.30. The van der Waals surface area contributed by atoms with Gasteiger partial charge in [0.05, 0.1) is 13.2 Å². The van der Waals surface area contributed by atoms with Crippen molar-refractivity contribution in [3.8, 4) is 5.75 Å². The zero-order valence-electron chi connectivity index (χ0n) is 20.7. The Morgan fingerprint density at radius 1 is 1.21 bits per heavy atom. The van der Waals surface area contributed by atoms with Crippen molar-refractivity contribution in [1.82, 2.24) is 25.7 Å². The van der Waals surface area contributed by atoms with E-state index in [1.807, 2.05) is 38.4 Å². The van der Waals surface area contributed by atoms with Crippen LogP contribution in [0.25, 0.3) is 0 Å². The average Bonchev–Trinajstić information content (AvgIpc) is 3.17. The predicted molar refractivity (Wildman–Crippen MR) is 128 cm³/mol. The van der Waals surface area contributed by atoms with Crippen LogP contribution >= 0.6 is 0 Å². The Kier molecular flexibility index (Phi) is 9.04. The van der Waals surface area contributed by atoms with Crippen LogP contribution in [0.2, 0.25) is 0 Å². The molecule has 1 aromatic heterocycles. The van der Waals surface area contributed by atoms with Crippen LogP contribution in [0.3, 0.4) is 0 Å². The van der Waals surface area contributed by atoms with Gasteiger partial charge >= 0.3 is 0 Å². The first-order valence-corrected chi connectivity index (χ1v) is 12.0. The van der Waals surface area contributed by atoms with Gasteiger partial charge in [0.1, 0.15) is 11.3 Å². The van der Waals surface area contributed by atoms with Gasteiger partial charge < -0.3 is 24.8 Å². The molecule has 1 aliphatic rings. The zero-order valence-corrected chi connectivity index (χ0v) is 20.7. The lowest BCUT2D eigenvalue weighted by Crippen LogP contribution is -2.45. The van der Waals surface area contributed by atoms with Gasteiger partial charge in [0.15, 0.2) is 5.82 Å². The minimum atomic E-state index is -0.581. The smallest absolute Gasteiger partial charge is 0.227 e. The van der Waals surface area contributed by atoms with Gasteiger partial charge in [-0.15, -0.1) is 0 Å². The Morgan fingerprint density at radius 3 is 2.59 bits per heavy atom. The van der Waals surface area contributed by atoms with E-state index in [0.29, 0.717) is 24.7 Å². The molecule has 1 aromatic carbocycles. The summed E-state index contributed by atoms with van der Waals surface area (Å²) in [7, 11) is 5.60. The van der Waals surface area contributed by atoms with E-state index in [1.54, 1.807) is 7.11 Å². The number of carbonyl (C=O) groups excluding carboxylic acids is 2. The number of hydrogen-bond donors (Lipinski definition) is 2. The van der Waals surface area contributed by atoms with E-state index in [9.17, 15) is 9.59 Å². The monoisotopic (exact) mass is 471 g/mol. The highest BCUT2D eigenvalue weighted by Crippen LogP contribution is 2.34. The zero-order chi connectivity index (χ0) is 24.6. The molecule has 186 valence electrons. The SMILES string of the molecule is COc1cccc(C(CNC(=O)CCc2nc(C3(NC(C)=O)CCCCCC3)no2)N(C)C)c1. The van der Waals surface area contributed by atoms with Crippen molar-refractivity contribution in [2.45, 2.75) is 69.9 Å². The number of rotatable bonds is 10. The third-order valence-corrected chi connectivity index (χ3v) is 6.43. The van der Waals surface area contributed by atoms with Crippen LogP contribution in [0, 0.1) is 0 Å². The van der Waals surface area contributed by atoms with E-state index in [1.165, 1.54) is 6.92 Å². The van der Waals surface area contributed by atoms with Gasteiger partial charge in [-0.25, -0.2) is 0 Å². The molecule has 2 N–H and O–H groups in total. The molecule has 3 rings (SSSR count). The third-order valence-electron chi connectivity index (χ3n) is 6.43. The number of ether oxygens (including phenoxy) is 1. The lowest BCUT2D eigenvalue weighted by molar-refractivity contribution is -0.122. The molecule has 9 nitrogen and oxygen atoms in total. The standard InChI is InChI=1S/C25H37N5O4/c1-18(31)28-25(14-7-5-6-8-15-25)24-27-23(34-29-24)13-12-22(32)26-17-21(30(2)3)19-10-9-11-20(16-19)33-4/h9-11,16,21H,5-8,12-15,17H2,1-4H3,(H,26,32)(H,28,31). The maximum Gasteiger partial charge on any atom is 0.227 e. The molecule has 1 atom stereocenters. The fourth-order valence-electron chi connectivity index (χ4n) is 4.59. The average molecular weight is 472 g/mol. The van der Waals surface area contributed by atoms with Crippen molar-refractivity contribution in [3.05, 3.63) is 41.5 Å². The fourth-order valence-corrected chi connectivity index (χ4v) is 4.59.